The highest BCUT2D eigenvalue weighted by Gasteiger charge is 2.22. The monoisotopic (exact) mass is 267 g/mol. The Morgan fingerprint density at radius 2 is 2.06 bits per heavy atom. The van der Waals surface area contributed by atoms with Gasteiger partial charge in [-0.05, 0) is 42.5 Å². The summed E-state index contributed by atoms with van der Waals surface area (Å²) < 4.78 is 0. The van der Waals surface area contributed by atoms with Crippen LogP contribution in [-0.4, -0.2) is 18.2 Å². The Morgan fingerprint density at radius 1 is 1.33 bits per heavy atom. The molecule has 2 nitrogen and oxygen atoms in total. The molecule has 1 aliphatic rings. The number of benzene rings is 1. The number of nitrogens with one attached hydrogen (secondary N) is 1. The summed E-state index contributed by atoms with van der Waals surface area (Å²) in [6, 6.07) is 7.40. The fourth-order valence-corrected chi connectivity index (χ4v) is 2.86. The first-order valence-corrected chi connectivity index (χ1v) is 7.19. The minimum atomic E-state index is -0.445. The van der Waals surface area contributed by atoms with Gasteiger partial charge in [-0.2, -0.15) is 0 Å². The summed E-state index contributed by atoms with van der Waals surface area (Å²) in [5.41, 5.74) is 0.923. The summed E-state index contributed by atoms with van der Waals surface area (Å²) in [4.78, 5) is 0. The molecule has 2 rings (SSSR count). The maximum Gasteiger partial charge on any atom is 0.0914 e. The van der Waals surface area contributed by atoms with E-state index in [1.807, 2.05) is 24.3 Å². The zero-order chi connectivity index (χ0) is 13.0. The van der Waals surface area contributed by atoms with Crippen LogP contribution in [-0.2, 0) is 0 Å². The Balaban J connectivity index is 1.74. The van der Waals surface area contributed by atoms with Crippen LogP contribution in [0.3, 0.4) is 0 Å². The number of aliphatic hydroxyl groups is 1. The van der Waals surface area contributed by atoms with E-state index >= 15 is 0 Å². The van der Waals surface area contributed by atoms with Gasteiger partial charge in [-0.25, -0.2) is 0 Å². The third-order valence-electron chi connectivity index (χ3n) is 4.04. The van der Waals surface area contributed by atoms with Crippen LogP contribution in [0.25, 0.3) is 0 Å². The molecule has 1 aliphatic carbocycles. The van der Waals surface area contributed by atoms with Gasteiger partial charge in [0.15, 0.2) is 0 Å². The van der Waals surface area contributed by atoms with Crippen molar-refractivity contribution in [1.82, 2.24) is 5.32 Å². The average Bonchev–Trinajstić information content (AvgIpc) is 2.76. The molecule has 18 heavy (non-hydrogen) atoms. The van der Waals surface area contributed by atoms with E-state index in [9.17, 15) is 5.11 Å². The van der Waals surface area contributed by atoms with Crippen LogP contribution in [0.4, 0.5) is 0 Å². The quantitative estimate of drug-likeness (QED) is 0.857. The molecule has 0 aliphatic heterocycles. The third kappa shape index (κ3) is 3.71. The summed E-state index contributed by atoms with van der Waals surface area (Å²) in [7, 11) is 0. The van der Waals surface area contributed by atoms with E-state index in [1.165, 1.54) is 19.3 Å². The van der Waals surface area contributed by atoms with Crippen molar-refractivity contribution in [3.05, 3.63) is 34.9 Å². The molecule has 2 N–H and O–H groups in total. The molecular weight excluding hydrogens is 246 g/mol. The van der Waals surface area contributed by atoms with Crippen molar-refractivity contribution in [1.29, 1.82) is 0 Å². The van der Waals surface area contributed by atoms with E-state index in [0.29, 0.717) is 11.6 Å². The molecule has 0 aromatic heterocycles. The Bertz CT molecular complexity index is 365. The standard InChI is InChI=1S/C15H22ClNO/c1-11-3-2-4-13(11)9-17-10-15(18)12-5-7-14(16)8-6-12/h5-8,11,13,15,17-18H,2-4,9-10H2,1H3. The van der Waals surface area contributed by atoms with Gasteiger partial charge in [0.05, 0.1) is 6.10 Å². The molecule has 1 aromatic rings. The van der Waals surface area contributed by atoms with Gasteiger partial charge in [-0.15, -0.1) is 0 Å². The summed E-state index contributed by atoms with van der Waals surface area (Å²) in [5, 5.41) is 14.1. The summed E-state index contributed by atoms with van der Waals surface area (Å²) >= 11 is 5.83. The van der Waals surface area contributed by atoms with Crippen molar-refractivity contribution in [2.45, 2.75) is 32.3 Å². The maximum atomic E-state index is 10.0. The second-order valence-electron chi connectivity index (χ2n) is 5.39. The second-order valence-corrected chi connectivity index (χ2v) is 5.83. The van der Waals surface area contributed by atoms with Crippen LogP contribution in [0.1, 0.15) is 37.9 Å². The Morgan fingerprint density at radius 3 is 2.67 bits per heavy atom. The smallest absolute Gasteiger partial charge is 0.0914 e. The Hall–Kier alpha value is -0.570. The van der Waals surface area contributed by atoms with Crippen molar-refractivity contribution in [3.8, 4) is 0 Å². The van der Waals surface area contributed by atoms with Gasteiger partial charge < -0.3 is 10.4 Å². The minimum Gasteiger partial charge on any atom is -0.387 e. The molecule has 1 saturated carbocycles. The molecule has 0 heterocycles. The Kier molecular flexibility index (Phi) is 5.04. The van der Waals surface area contributed by atoms with Crippen LogP contribution in [0, 0.1) is 11.8 Å². The van der Waals surface area contributed by atoms with Gasteiger partial charge in [-0.1, -0.05) is 43.5 Å². The molecule has 0 amide bonds. The first-order chi connectivity index (χ1) is 8.66. The number of hydrogen-bond donors (Lipinski definition) is 2. The summed E-state index contributed by atoms with van der Waals surface area (Å²) in [5.74, 6) is 1.60. The van der Waals surface area contributed by atoms with E-state index in [4.69, 9.17) is 11.6 Å². The van der Waals surface area contributed by atoms with E-state index in [0.717, 1.165) is 23.9 Å². The zero-order valence-electron chi connectivity index (χ0n) is 10.9. The van der Waals surface area contributed by atoms with Crippen molar-refractivity contribution in [2.75, 3.05) is 13.1 Å². The molecule has 0 saturated heterocycles. The van der Waals surface area contributed by atoms with Gasteiger partial charge in [0.2, 0.25) is 0 Å². The number of halogens is 1. The molecule has 1 aromatic carbocycles. The number of hydrogen-bond acceptors (Lipinski definition) is 2. The van der Waals surface area contributed by atoms with Crippen LogP contribution >= 0.6 is 11.6 Å². The van der Waals surface area contributed by atoms with Crippen LogP contribution in [0.5, 0.6) is 0 Å². The molecule has 3 atom stereocenters. The van der Waals surface area contributed by atoms with Crippen molar-refractivity contribution in [2.24, 2.45) is 11.8 Å². The molecule has 3 heteroatoms. The lowest BCUT2D eigenvalue weighted by Gasteiger charge is -2.18. The van der Waals surface area contributed by atoms with E-state index < -0.39 is 6.10 Å². The Labute approximate surface area is 114 Å². The topological polar surface area (TPSA) is 32.3 Å². The lowest BCUT2D eigenvalue weighted by Crippen LogP contribution is -2.28. The first kappa shape index (κ1) is 13.9. The normalized spacial score (nSPS) is 25.3. The van der Waals surface area contributed by atoms with E-state index in [2.05, 4.69) is 12.2 Å². The summed E-state index contributed by atoms with van der Waals surface area (Å²) in [6.07, 6.45) is 3.59. The van der Waals surface area contributed by atoms with Gasteiger partial charge in [-0.3, -0.25) is 0 Å². The van der Waals surface area contributed by atoms with E-state index in [-0.39, 0.29) is 0 Å². The molecule has 100 valence electrons. The lowest BCUT2D eigenvalue weighted by atomic mass is 9.98. The number of rotatable bonds is 5. The zero-order valence-corrected chi connectivity index (χ0v) is 11.7. The fourth-order valence-electron chi connectivity index (χ4n) is 2.73. The molecule has 3 unspecified atom stereocenters. The largest absolute Gasteiger partial charge is 0.387 e. The van der Waals surface area contributed by atoms with Gasteiger partial charge >= 0.3 is 0 Å². The minimum absolute atomic E-state index is 0.445. The fraction of sp³-hybridized carbons (Fsp3) is 0.600. The van der Waals surface area contributed by atoms with Crippen molar-refractivity contribution < 1.29 is 5.11 Å². The molecular formula is C15H22ClNO. The van der Waals surface area contributed by atoms with E-state index in [1.54, 1.807) is 0 Å². The first-order valence-electron chi connectivity index (χ1n) is 6.81. The molecule has 1 fully saturated rings. The van der Waals surface area contributed by atoms with Gasteiger partial charge in [0, 0.05) is 11.6 Å². The van der Waals surface area contributed by atoms with Crippen LogP contribution < -0.4 is 5.32 Å². The van der Waals surface area contributed by atoms with Crippen molar-refractivity contribution >= 4 is 11.6 Å². The summed E-state index contributed by atoms with van der Waals surface area (Å²) in [6.45, 7) is 3.96. The highest BCUT2D eigenvalue weighted by molar-refractivity contribution is 6.30. The average molecular weight is 268 g/mol. The van der Waals surface area contributed by atoms with Crippen molar-refractivity contribution in [3.63, 3.8) is 0 Å². The van der Waals surface area contributed by atoms with Crippen LogP contribution in [0.15, 0.2) is 24.3 Å². The third-order valence-corrected chi connectivity index (χ3v) is 4.29. The van der Waals surface area contributed by atoms with Gasteiger partial charge in [0.25, 0.3) is 0 Å². The van der Waals surface area contributed by atoms with Gasteiger partial charge in [0.1, 0.15) is 0 Å². The molecule has 0 bridgehead atoms. The van der Waals surface area contributed by atoms with Crippen LogP contribution in [0.2, 0.25) is 5.02 Å². The number of aliphatic hydroxyl groups excluding tert-OH is 1. The predicted octanol–water partition coefficient (Wildman–Crippen LogP) is 3.40. The molecule has 0 radical (unpaired) electrons. The maximum absolute atomic E-state index is 10.0. The highest BCUT2D eigenvalue weighted by atomic mass is 35.5. The highest BCUT2D eigenvalue weighted by Crippen LogP contribution is 2.30. The second kappa shape index (κ2) is 6.55. The lowest BCUT2D eigenvalue weighted by molar-refractivity contribution is 0.171. The SMILES string of the molecule is CC1CCCC1CNCC(O)c1ccc(Cl)cc1. The molecule has 0 spiro atoms. The predicted molar refractivity (Wildman–Crippen MR) is 75.8 cm³/mol.